The van der Waals surface area contributed by atoms with Crippen LogP contribution in [0.15, 0.2) is 9.59 Å². The van der Waals surface area contributed by atoms with Crippen molar-refractivity contribution in [2.75, 3.05) is 44.4 Å². The highest BCUT2D eigenvalue weighted by Crippen LogP contribution is 2.29. The molecule has 0 unspecified atom stereocenters. The lowest BCUT2D eigenvalue weighted by Crippen LogP contribution is -2.38. The van der Waals surface area contributed by atoms with Gasteiger partial charge in [0.15, 0.2) is 0 Å². The molecule has 1 aliphatic rings. The third kappa shape index (κ3) is 2.85. The van der Waals surface area contributed by atoms with Gasteiger partial charge in [-0.3, -0.25) is 9.59 Å². The molecule has 0 aliphatic heterocycles. The quantitative estimate of drug-likeness (QED) is 0.658. The first-order chi connectivity index (χ1) is 8.09. The summed E-state index contributed by atoms with van der Waals surface area (Å²) in [5, 5.41) is 6.11. The van der Waals surface area contributed by atoms with Gasteiger partial charge in [0, 0.05) is 19.6 Å². The summed E-state index contributed by atoms with van der Waals surface area (Å²) in [6.07, 6.45) is 2.46. The molecule has 0 saturated heterocycles. The van der Waals surface area contributed by atoms with Crippen molar-refractivity contribution in [1.29, 1.82) is 0 Å². The Kier molecular flexibility index (Phi) is 3.47. The van der Waals surface area contributed by atoms with Crippen LogP contribution in [-0.2, 0) is 0 Å². The van der Waals surface area contributed by atoms with Crippen molar-refractivity contribution in [3.8, 4) is 0 Å². The van der Waals surface area contributed by atoms with Crippen LogP contribution < -0.4 is 21.5 Å². The highest BCUT2D eigenvalue weighted by atomic mass is 16.2. The Morgan fingerprint density at radius 1 is 1.12 bits per heavy atom. The van der Waals surface area contributed by atoms with E-state index in [9.17, 15) is 9.59 Å². The van der Waals surface area contributed by atoms with E-state index in [1.54, 1.807) is 0 Å². The van der Waals surface area contributed by atoms with E-state index >= 15 is 0 Å². The van der Waals surface area contributed by atoms with Crippen LogP contribution >= 0.6 is 0 Å². The Bertz CT molecular complexity index is 456. The molecule has 0 atom stereocenters. The van der Waals surface area contributed by atoms with Gasteiger partial charge in [-0.1, -0.05) is 0 Å². The lowest BCUT2D eigenvalue weighted by Gasteiger charge is -2.16. The maximum Gasteiger partial charge on any atom is 0.253 e. The molecule has 2 N–H and O–H groups in total. The fraction of sp³-hybridized carbons (Fsp3) is 0.667. The molecule has 17 heavy (non-hydrogen) atoms. The second-order valence-electron chi connectivity index (χ2n) is 4.96. The summed E-state index contributed by atoms with van der Waals surface area (Å²) in [6, 6.07) is 0. The topological polar surface area (TPSA) is 61.4 Å². The molecular formula is C12H19N3O2. The Morgan fingerprint density at radius 2 is 1.71 bits per heavy atom. The molecule has 2 rings (SSSR count). The van der Waals surface area contributed by atoms with Gasteiger partial charge in [0.1, 0.15) is 11.4 Å². The lowest BCUT2D eigenvalue weighted by molar-refractivity contribution is 0.425. The number of hydrogen-bond donors (Lipinski definition) is 2. The molecule has 5 heteroatoms. The maximum atomic E-state index is 11.4. The van der Waals surface area contributed by atoms with E-state index in [0.717, 1.165) is 13.1 Å². The molecular weight excluding hydrogens is 218 g/mol. The van der Waals surface area contributed by atoms with Gasteiger partial charge in [-0.05, 0) is 32.9 Å². The fourth-order valence-corrected chi connectivity index (χ4v) is 1.70. The number of hydrogen-bond acceptors (Lipinski definition) is 5. The van der Waals surface area contributed by atoms with Crippen LogP contribution in [0.3, 0.4) is 0 Å². The standard InChI is InChI=1S/C12H19N3O2/c1-15(2)6-5-13-9-10(12(17)11(9)16)14-7-8-3-4-8/h8,13-14H,3-7H2,1-2H3. The number of nitrogens with one attached hydrogen (secondary N) is 2. The first-order valence-electron chi connectivity index (χ1n) is 6.05. The van der Waals surface area contributed by atoms with Crippen molar-refractivity contribution >= 4 is 11.4 Å². The van der Waals surface area contributed by atoms with Gasteiger partial charge < -0.3 is 15.5 Å². The maximum absolute atomic E-state index is 11.4. The summed E-state index contributed by atoms with van der Waals surface area (Å²) in [5.41, 5.74) is 0.193. The van der Waals surface area contributed by atoms with Gasteiger partial charge in [0.25, 0.3) is 10.9 Å². The first kappa shape index (κ1) is 12.1. The van der Waals surface area contributed by atoms with Crippen LogP contribution in [0.4, 0.5) is 11.4 Å². The molecule has 1 fully saturated rings. The molecule has 5 nitrogen and oxygen atoms in total. The zero-order valence-electron chi connectivity index (χ0n) is 10.4. The van der Waals surface area contributed by atoms with Gasteiger partial charge in [-0.2, -0.15) is 0 Å². The van der Waals surface area contributed by atoms with Crippen molar-refractivity contribution in [1.82, 2.24) is 4.90 Å². The van der Waals surface area contributed by atoms with E-state index < -0.39 is 0 Å². The molecule has 0 bridgehead atoms. The van der Waals surface area contributed by atoms with Crippen LogP contribution in [0.25, 0.3) is 0 Å². The molecule has 0 aromatic heterocycles. The summed E-state index contributed by atoms with van der Waals surface area (Å²) >= 11 is 0. The Hall–Kier alpha value is -1.36. The second kappa shape index (κ2) is 4.87. The minimum atomic E-state index is -0.387. The molecule has 1 aromatic rings. The normalized spacial score (nSPS) is 15.5. The van der Waals surface area contributed by atoms with E-state index in [2.05, 4.69) is 10.6 Å². The van der Waals surface area contributed by atoms with Gasteiger partial charge in [0.2, 0.25) is 0 Å². The highest BCUT2D eigenvalue weighted by Gasteiger charge is 2.25. The number of nitrogens with zero attached hydrogens (tertiary/aromatic N) is 1. The second-order valence-corrected chi connectivity index (χ2v) is 4.96. The highest BCUT2D eigenvalue weighted by molar-refractivity contribution is 5.73. The van der Waals surface area contributed by atoms with Gasteiger partial charge in [0.05, 0.1) is 0 Å². The van der Waals surface area contributed by atoms with E-state index in [0.29, 0.717) is 23.8 Å². The largest absolute Gasteiger partial charge is 0.380 e. The molecule has 0 radical (unpaired) electrons. The third-order valence-electron chi connectivity index (χ3n) is 3.04. The van der Waals surface area contributed by atoms with Gasteiger partial charge >= 0.3 is 0 Å². The molecule has 94 valence electrons. The Balaban J connectivity index is 1.88. The third-order valence-corrected chi connectivity index (χ3v) is 3.04. The minimum absolute atomic E-state index is 0.377. The monoisotopic (exact) mass is 237 g/mol. The number of likely N-dealkylation sites (N-methyl/N-ethyl adjacent to an activating group) is 1. The summed E-state index contributed by atoms with van der Waals surface area (Å²) in [7, 11) is 3.94. The number of anilines is 2. The zero-order valence-corrected chi connectivity index (χ0v) is 10.4. The van der Waals surface area contributed by atoms with Crippen molar-refractivity contribution in [2.24, 2.45) is 5.92 Å². The molecule has 0 heterocycles. The Labute approximate surface area is 101 Å². The molecule has 0 spiro atoms. The van der Waals surface area contributed by atoms with E-state index in [1.807, 2.05) is 19.0 Å². The molecule has 0 amide bonds. The fourth-order valence-electron chi connectivity index (χ4n) is 1.70. The van der Waals surface area contributed by atoms with Crippen LogP contribution in [0.1, 0.15) is 12.8 Å². The molecule has 1 saturated carbocycles. The van der Waals surface area contributed by atoms with E-state index in [1.165, 1.54) is 12.8 Å². The predicted octanol–water partition coefficient (Wildman–Crippen LogP) is 0.0780. The summed E-state index contributed by atoms with van der Waals surface area (Å²) in [4.78, 5) is 24.8. The number of rotatable bonds is 7. The average molecular weight is 237 g/mol. The van der Waals surface area contributed by atoms with Crippen molar-refractivity contribution < 1.29 is 0 Å². The SMILES string of the molecule is CN(C)CCNc1c(NCC2CC2)c(=O)c1=O. The van der Waals surface area contributed by atoms with Crippen LogP contribution in [0.2, 0.25) is 0 Å². The average Bonchev–Trinajstić information content (AvgIpc) is 3.09. The van der Waals surface area contributed by atoms with E-state index in [-0.39, 0.29) is 10.9 Å². The van der Waals surface area contributed by atoms with Crippen LogP contribution in [0.5, 0.6) is 0 Å². The van der Waals surface area contributed by atoms with E-state index in [4.69, 9.17) is 0 Å². The van der Waals surface area contributed by atoms with Crippen LogP contribution in [0, 0.1) is 5.92 Å². The van der Waals surface area contributed by atoms with Crippen LogP contribution in [-0.4, -0.2) is 38.6 Å². The summed E-state index contributed by atoms with van der Waals surface area (Å²) in [5.74, 6) is 0.689. The minimum Gasteiger partial charge on any atom is -0.380 e. The molecule has 1 aliphatic carbocycles. The smallest absolute Gasteiger partial charge is 0.253 e. The van der Waals surface area contributed by atoms with Gasteiger partial charge in [-0.15, -0.1) is 0 Å². The van der Waals surface area contributed by atoms with Crippen molar-refractivity contribution in [3.63, 3.8) is 0 Å². The lowest BCUT2D eigenvalue weighted by atomic mass is 10.2. The van der Waals surface area contributed by atoms with Gasteiger partial charge in [-0.25, -0.2) is 0 Å². The van der Waals surface area contributed by atoms with Crippen molar-refractivity contribution in [3.05, 3.63) is 20.4 Å². The predicted molar refractivity (Wildman–Crippen MR) is 69.6 cm³/mol. The van der Waals surface area contributed by atoms with Crippen molar-refractivity contribution in [2.45, 2.75) is 12.8 Å². The summed E-state index contributed by atoms with van der Waals surface area (Å²) in [6.45, 7) is 2.32. The Morgan fingerprint density at radius 3 is 2.24 bits per heavy atom. The zero-order chi connectivity index (χ0) is 12.4. The summed E-state index contributed by atoms with van der Waals surface area (Å²) < 4.78 is 0. The first-order valence-corrected chi connectivity index (χ1v) is 6.05. The molecule has 1 aromatic carbocycles.